The van der Waals surface area contributed by atoms with Crippen molar-refractivity contribution in [2.45, 2.75) is 12.5 Å². The molecule has 1 aromatic heterocycles. The van der Waals surface area contributed by atoms with Crippen LogP contribution >= 0.6 is 11.6 Å². The summed E-state index contributed by atoms with van der Waals surface area (Å²) >= 11 is 6.14. The normalized spacial score (nSPS) is 15.9. The molecule has 2 N–H and O–H groups in total. The van der Waals surface area contributed by atoms with Crippen LogP contribution in [0.5, 0.6) is 5.75 Å². The second-order valence-electron chi connectivity index (χ2n) is 6.68. The van der Waals surface area contributed by atoms with Crippen molar-refractivity contribution in [1.29, 1.82) is 0 Å². The van der Waals surface area contributed by atoms with E-state index in [-0.39, 0.29) is 17.7 Å². The molecule has 7 heteroatoms. The highest BCUT2D eigenvalue weighted by Crippen LogP contribution is 2.44. The van der Waals surface area contributed by atoms with Crippen molar-refractivity contribution < 1.29 is 14.6 Å². The molecular weight excluding hydrogens is 378 g/mol. The molecule has 0 spiro atoms. The molecular formula is C21H20ClN3O3. The lowest BCUT2D eigenvalue weighted by molar-refractivity contribution is 0.0723. The fourth-order valence-electron chi connectivity index (χ4n) is 3.69. The summed E-state index contributed by atoms with van der Waals surface area (Å²) in [6.45, 7) is 1.12. The summed E-state index contributed by atoms with van der Waals surface area (Å²) < 4.78 is 5.15. The first-order valence-corrected chi connectivity index (χ1v) is 9.41. The number of halogens is 1. The maximum atomic E-state index is 13.1. The second kappa shape index (κ2) is 7.66. The Bertz CT molecular complexity index is 1000. The van der Waals surface area contributed by atoms with Gasteiger partial charge in [-0.3, -0.25) is 9.89 Å². The van der Waals surface area contributed by atoms with Crippen molar-refractivity contribution in [3.05, 3.63) is 70.4 Å². The second-order valence-corrected chi connectivity index (χ2v) is 7.12. The van der Waals surface area contributed by atoms with Crippen LogP contribution in [0, 0.1) is 0 Å². The first-order valence-electron chi connectivity index (χ1n) is 9.03. The van der Waals surface area contributed by atoms with Gasteiger partial charge in [0.15, 0.2) is 0 Å². The Hall–Kier alpha value is -2.83. The van der Waals surface area contributed by atoms with Crippen molar-refractivity contribution in [2.75, 3.05) is 20.3 Å². The minimum Gasteiger partial charge on any atom is -0.507 e. The van der Waals surface area contributed by atoms with E-state index >= 15 is 0 Å². The molecule has 2 heterocycles. The molecule has 28 heavy (non-hydrogen) atoms. The van der Waals surface area contributed by atoms with E-state index in [0.717, 1.165) is 17.5 Å². The molecule has 0 saturated heterocycles. The third kappa shape index (κ3) is 3.15. The number of phenols is 1. The van der Waals surface area contributed by atoms with Gasteiger partial charge >= 0.3 is 0 Å². The van der Waals surface area contributed by atoms with Crippen LogP contribution in [0.15, 0.2) is 48.5 Å². The van der Waals surface area contributed by atoms with Crippen LogP contribution in [-0.4, -0.2) is 46.4 Å². The van der Waals surface area contributed by atoms with Crippen molar-refractivity contribution >= 4 is 17.5 Å². The molecule has 6 nitrogen and oxygen atoms in total. The molecule has 1 atom stereocenters. The third-order valence-electron chi connectivity index (χ3n) is 4.94. The highest BCUT2D eigenvalue weighted by molar-refractivity contribution is 6.31. The zero-order valence-electron chi connectivity index (χ0n) is 15.4. The highest BCUT2D eigenvalue weighted by Gasteiger charge is 2.42. The van der Waals surface area contributed by atoms with Crippen molar-refractivity contribution in [3.63, 3.8) is 0 Å². The summed E-state index contributed by atoms with van der Waals surface area (Å²) in [5.74, 6) is -0.0454. The van der Waals surface area contributed by atoms with Gasteiger partial charge in [0.25, 0.3) is 5.91 Å². The van der Waals surface area contributed by atoms with Crippen molar-refractivity contribution in [2.24, 2.45) is 0 Å². The van der Waals surface area contributed by atoms with E-state index in [1.165, 1.54) is 6.07 Å². The van der Waals surface area contributed by atoms with Gasteiger partial charge in [0.2, 0.25) is 0 Å². The number of aromatic amines is 1. The first-order chi connectivity index (χ1) is 13.6. The molecule has 0 saturated carbocycles. The summed E-state index contributed by atoms with van der Waals surface area (Å²) in [5.41, 5.74) is 3.21. The number of ether oxygens (including phenoxy) is 1. The molecule has 1 amide bonds. The Kier molecular flexibility index (Phi) is 5.07. The topological polar surface area (TPSA) is 78.5 Å². The van der Waals surface area contributed by atoms with Crippen molar-refractivity contribution in [1.82, 2.24) is 15.1 Å². The summed E-state index contributed by atoms with van der Waals surface area (Å²) in [6, 6.07) is 14.3. The van der Waals surface area contributed by atoms with E-state index in [4.69, 9.17) is 16.3 Å². The number of nitrogens with zero attached hydrogens (tertiary/aromatic N) is 2. The Labute approximate surface area is 167 Å². The molecule has 0 radical (unpaired) electrons. The summed E-state index contributed by atoms with van der Waals surface area (Å²) in [6.07, 6.45) is 0.723. The maximum Gasteiger partial charge on any atom is 0.273 e. The number of aromatic hydroxyl groups is 1. The van der Waals surface area contributed by atoms with Crippen molar-refractivity contribution in [3.8, 4) is 17.0 Å². The number of aromatic nitrogens is 2. The molecule has 2 aromatic carbocycles. The number of carbonyl (C=O) groups is 1. The average Bonchev–Trinajstić information content (AvgIpc) is 3.24. The Morgan fingerprint density at radius 3 is 2.79 bits per heavy atom. The zero-order chi connectivity index (χ0) is 19.7. The molecule has 0 bridgehead atoms. The van der Waals surface area contributed by atoms with Gasteiger partial charge in [-0.25, -0.2) is 0 Å². The summed E-state index contributed by atoms with van der Waals surface area (Å²) in [5, 5.41) is 18.1. The van der Waals surface area contributed by atoms with Crippen LogP contribution in [0.3, 0.4) is 0 Å². The number of H-pyrrole nitrogens is 1. The first kappa shape index (κ1) is 18.5. The van der Waals surface area contributed by atoms with Gasteiger partial charge in [0.1, 0.15) is 17.1 Å². The fraction of sp³-hybridized carbons (Fsp3) is 0.238. The van der Waals surface area contributed by atoms with Gasteiger partial charge in [-0.15, -0.1) is 0 Å². The van der Waals surface area contributed by atoms with Crippen LogP contribution in [-0.2, 0) is 4.74 Å². The lowest BCUT2D eigenvalue weighted by Gasteiger charge is -2.26. The smallest absolute Gasteiger partial charge is 0.273 e. The highest BCUT2D eigenvalue weighted by atomic mass is 35.5. The minimum absolute atomic E-state index is 0.0655. The van der Waals surface area contributed by atoms with E-state index in [1.54, 1.807) is 19.2 Å². The Morgan fingerprint density at radius 1 is 1.25 bits per heavy atom. The van der Waals surface area contributed by atoms with Gasteiger partial charge in [0, 0.05) is 36.4 Å². The number of carbonyl (C=O) groups excluding carboxylic acids is 1. The molecule has 144 valence electrons. The van der Waals surface area contributed by atoms with Gasteiger partial charge < -0.3 is 14.7 Å². The van der Waals surface area contributed by atoms with E-state index in [9.17, 15) is 9.90 Å². The number of amides is 1. The summed E-state index contributed by atoms with van der Waals surface area (Å²) in [4.78, 5) is 14.9. The zero-order valence-corrected chi connectivity index (χ0v) is 16.1. The van der Waals surface area contributed by atoms with Crippen LogP contribution in [0.2, 0.25) is 5.02 Å². The van der Waals surface area contributed by atoms with Gasteiger partial charge in [-0.1, -0.05) is 41.9 Å². The summed E-state index contributed by atoms with van der Waals surface area (Å²) in [7, 11) is 1.65. The quantitative estimate of drug-likeness (QED) is 0.616. The molecule has 0 aliphatic carbocycles. The van der Waals surface area contributed by atoms with E-state index in [2.05, 4.69) is 10.2 Å². The fourth-order valence-corrected chi connectivity index (χ4v) is 3.86. The van der Waals surface area contributed by atoms with Gasteiger partial charge in [0.05, 0.1) is 6.04 Å². The Morgan fingerprint density at radius 2 is 2.04 bits per heavy atom. The van der Waals surface area contributed by atoms with Crippen LogP contribution in [0.1, 0.15) is 34.1 Å². The monoisotopic (exact) mass is 397 g/mol. The number of methoxy groups -OCH3 is 1. The predicted octanol–water partition coefficient (Wildman–Crippen LogP) is 4.02. The van der Waals surface area contributed by atoms with E-state index < -0.39 is 0 Å². The molecule has 0 fully saturated rings. The number of hydrogen-bond acceptors (Lipinski definition) is 4. The number of phenolic OH excluding ortho intramolecular Hbond substituents is 1. The molecule has 1 unspecified atom stereocenters. The maximum absolute atomic E-state index is 13.1. The van der Waals surface area contributed by atoms with Crippen LogP contribution in [0.4, 0.5) is 0 Å². The van der Waals surface area contributed by atoms with E-state index in [0.29, 0.717) is 35.1 Å². The molecule has 1 aliphatic heterocycles. The number of hydrogen-bond donors (Lipinski definition) is 2. The number of benzene rings is 2. The molecule has 3 aromatic rings. The number of fused-ring (bicyclic) bond motifs is 1. The standard InChI is InChI=1S/C21H20ClN3O3/c1-28-11-5-10-25-20(13-6-3-2-4-7-13)17-18(23-24-19(17)21(25)27)15-12-14(22)8-9-16(15)26/h2-4,6-9,12,20,26H,5,10-11H2,1H3,(H,23,24). The molecule has 4 rings (SSSR count). The SMILES string of the molecule is COCCCN1C(=O)c2[nH]nc(-c3cc(Cl)ccc3O)c2C1c1ccccc1. The number of nitrogens with one attached hydrogen (secondary N) is 1. The average molecular weight is 398 g/mol. The van der Waals surface area contributed by atoms with Gasteiger partial charge in [-0.05, 0) is 30.2 Å². The van der Waals surface area contributed by atoms with E-state index in [1.807, 2.05) is 35.2 Å². The lowest BCUT2D eigenvalue weighted by Crippen LogP contribution is -2.31. The minimum atomic E-state index is -0.298. The van der Waals surface area contributed by atoms with Gasteiger partial charge in [-0.2, -0.15) is 5.10 Å². The Balaban J connectivity index is 1.84. The van der Waals surface area contributed by atoms with Crippen LogP contribution < -0.4 is 0 Å². The van der Waals surface area contributed by atoms with Crippen LogP contribution in [0.25, 0.3) is 11.3 Å². The third-order valence-corrected chi connectivity index (χ3v) is 5.18. The number of rotatable bonds is 6. The lowest BCUT2D eigenvalue weighted by atomic mass is 9.95. The molecule has 1 aliphatic rings. The largest absolute Gasteiger partial charge is 0.507 e. The predicted molar refractivity (Wildman–Crippen MR) is 107 cm³/mol.